The number of ether oxygens (including phenoxy) is 2. The van der Waals surface area contributed by atoms with Crippen molar-refractivity contribution in [2.24, 2.45) is 0 Å². The van der Waals surface area contributed by atoms with Gasteiger partial charge < -0.3 is 14.4 Å². The van der Waals surface area contributed by atoms with E-state index in [2.05, 4.69) is 0 Å². The van der Waals surface area contributed by atoms with E-state index >= 15 is 0 Å². The Hall–Kier alpha value is -1.75. The second kappa shape index (κ2) is 6.13. The Morgan fingerprint density at radius 3 is 2.30 bits per heavy atom. The number of methoxy groups -OCH3 is 2. The van der Waals surface area contributed by atoms with Gasteiger partial charge in [-0.15, -0.1) is 0 Å². The molecule has 0 aromatic heterocycles. The minimum atomic E-state index is -0.540. The van der Waals surface area contributed by atoms with Gasteiger partial charge in [-0.3, -0.25) is 9.59 Å². The summed E-state index contributed by atoms with van der Waals surface area (Å²) < 4.78 is 10.3. The summed E-state index contributed by atoms with van der Waals surface area (Å²) in [5.41, 5.74) is 0.422. The average Bonchev–Trinajstić information content (AvgIpc) is 2.95. The van der Waals surface area contributed by atoms with Crippen LogP contribution in [-0.4, -0.2) is 42.9 Å². The molecular weight excluding hydrogens is 282 g/mol. The number of rotatable bonds is 4. The highest BCUT2D eigenvalue weighted by atomic mass is 35.5. The van der Waals surface area contributed by atoms with Crippen molar-refractivity contribution in [1.82, 2.24) is 4.90 Å². The van der Waals surface area contributed by atoms with Crippen molar-refractivity contribution in [3.05, 3.63) is 23.8 Å². The van der Waals surface area contributed by atoms with Crippen molar-refractivity contribution in [1.29, 1.82) is 0 Å². The monoisotopic (exact) mass is 297 g/mol. The third-order valence-electron chi connectivity index (χ3n) is 3.37. The van der Waals surface area contributed by atoms with Crippen LogP contribution in [0.25, 0.3) is 0 Å². The molecule has 1 heterocycles. The maximum Gasteiger partial charge on any atom is 0.254 e. The number of hydrogen-bond acceptors (Lipinski definition) is 4. The SMILES string of the molecule is COc1cc(OC)cc(C(=O)N2CCCC2C(=O)Cl)c1. The lowest BCUT2D eigenvalue weighted by atomic mass is 10.1. The molecule has 1 aromatic carbocycles. The first-order valence-corrected chi connectivity index (χ1v) is 6.68. The number of carbonyl (C=O) groups is 2. The van der Waals surface area contributed by atoms with E-state index < -0.39 is 11.3 Å². The Labute approximate surface area is 122 Å². The van der Waals surface area contributed by atoms with E-state index in [4.69, 9.17) is 21.1 Å². The molecule has 0 radical (unpaired) electrons. The summed E-state index contributed by atoms with van der Waals surface area (Å²) in [7, 11) is 3.04. The zero-order valence-electron chi connectivity index (χ0n) is 11.4. The molecule has 0 saturated carbocycles. The molecule has 1 amide bonds. The molecule has 1 aromatic rings. The van der Waals surface area contributed by atoms with Crippen LogP contribution in [0.5, 0.6) is 11.5 Å². The number of benzene rings is 1. The normalized spacial score (nSPS) is 17.9. The number of amides is 1. The lowest BCUT2D eigenvalue weighted by molar-refractivity contribution is -0.115. The zero-order chi connectivity index (χ0) is 14.7. The first-order chi connectivity index (χ1) is 9.56. The number of nitrogens with zero attached hydrogens (tertiary/aromatic N) is 1. The van der Waals surface area contributed by atoms with E-state index in [-0.39, 0.29) is 5.91 Å². The smallest absolute Gasteiger partial charge is 0.254 e. The summed E-state index contributed by atoms with van der Waals surface area (Å²) in [6.45, 7) is 0.529. The van der Waals surface area contributed by atoms with Crippen molar-refractivity contribution >= 4 is 22.8 Å². The third-order valence-corrected chi connectivity index (χ3v) is 3.63. The fraction of sp³-hybridized carbons (Fsp3) is 0.429. The van der Waals surface area contributed by atoms with Gasteiger partial charge in [-0.25, -0.2) is 0 Å². The molecule has 0 bridgehead atoms. The molecule has 1 aliphatic rings. The van der Waals surface area contributed by atoms with Gasteiger partial charge >= 0.3 is 0 Å². The van der Waals surface area contributed by atoms with Crippen molar-refractivity contribution in [3.63, 3.8) is 0 Å². The highest BCUT2D eigenvalue weighted by Crippen LogP contribution is 2.27. The molecule has 0 spiro atoms. The van der Waals surface area contributed by atoms with Crippen LogP contribution >= 0.6 is 11.6 Å². The van der Waals surface area contributed by atoms with E-state index in [1.54, 1.807) is 18.2 Å². The Morgan fingerprint density at radius 1 is 1.20 bits per heavy atom. The predicted molar refractivity (Wildman–Crippen MR) is 74.5 cm³/mol. The van der Waals surface area contributed by atoms with Gasteiger partial charge in [-0.05, 0) is 36.6 Å². The van der Waals surface area contributed by atoms with E-state index in [0.717, 1.165) is 6.42 Å². The van der Waals surface area contributed by atoms with E-state index in [9.17, 15) is 9.59 Å². The average molecular weight is 298 g/mol. The minimum Gasteiger partial charge on any atom is -0.497 e. The van der Waals surface area contributed by atoms with E-state index in [1.807, 2.05) is 0 Å². The van der Waals surface area contributed by atoms with Crippen LogP contribution in [-0.2, 0) is 4.79 Å². The van der Waals surface area contributed by atoms with E-state index in [0.29, 0.717) is 30.0 Å². The predicted octanol–water partition coefficient (Wildman–Crippen LogP) is 2.07. The molecule has 1 aliphatic heterocycles. The summed E-state index contributed by atoms with van der Waals surface area (Å²) in [5.74, 6) is 0.819. The Kier molecular flexibility index (Phi) is 4.49. The standard InChI is InChI=1S/C14H16ClNO4/c1-19-10-6-9(7-11(8-10)20-2)14(18)16-5-3-4-12(16)13(15)17/h6-8,12H,3-5H2,1-2H3. The molecular formula is C14H16ClNO4. The van der Waals surface area contributed by atoms with E-state index in [1.165, 1.54) is 19.1 Å². The first-order valence-electron chi connectivity index (χ1n) is 6.30. The van der Waals surface area contributed by atoms with Crippen molar-refractivity contribution in [3.8, 4) is 11.5 Å². The van der Waals surface area contributed by atoms with Gasteiger partial charge in [0.05, 0.1) is 14.2 Å². The number of hydrogen-bond donors (Lipinski definition) is 0. The van der Waals surface area contributed by atoms with Gasteiger partial charge in [0.25, 0.3) is 5.91 Å². The van der Waals surface area contributed by atoms with Crippen LogP contribution < -0.4 is 9.47 Å². The highest BCUT2D eigenvalue weighted by Gasteiger charge is 2.33. The van der Waals surface area contributed by atoms with Crippen LogP contribution in [0.15, 0.2) is 18.2 Å². The molecule has 1 saturated heterocycles. The second-order valence-corrected chi connectivity index (χ2v) is 4.93. The summed E-state index contributed by atoms with van der Waals surface area (Å²) in [4.78, 5) is 25.4. The molecule has 108 valence electrons. The van der Waals surface area contributed by atoms with Gasteiger partial charge in [-0.2, -0.15) is 0 Å². The molecule has 1 fully saturated rings. The summed E-state index contributed by atoms with van der Waals surface area (Å²) in [6, 6.07) is 4.39. The van der Waals surface area contributed by atoms with Crippen molar-refractivity contribution < 1.29 is 19.1 Å². The van der Waals surface area contributed by atoms with Crippen LogP contribution in [0, 0.1) is 0 Å². The molecule has 20 heavy (non-hydrogen) atoms. The summed E-state index contributed by atoms with van der Waals surface area (Å²) >= 11 is 5.55. The van der Waals surface area contributed by atoms with Crippen LogP contribution in [0.2, 0.25) is 0 Å². The van der Waals surface area contributed by atoms with Crippen molar-refractivity contribution in [2.45, 2.75) is 18.9 Å². The lowest BCUT2D eigenvalue weighted by Gasteiger charge is -2.22. The zero-order valence-corrected chi connectivity index (χ0v) is 12.1. The highest BCUT2D eigenvalue weighted by molar-refractivity contribution is 6.64. The Balaban J connectivity index is 2.30. The Bertz CT molecular complexity index is 510. The number of carbonyl (C=O) groups excluding carboxylic acids is 2. The molecule has 1 atom stereocenters. The summed E-state index contributed by atoms with van der Waals surface area (Å²) in [6.07, 6.45) is 1.38. The maximum atomic E-state index is 12.5. The molecule has 0 N–H and O–H groups in total. The number of halogens is 1. The largest absolute Gasteiger partial charge is 0.497 e. The second-order valence-electron chi connectivity index (χ2n) is 4.56. The van der Waals surface area contributed by atoms with Gasteiger partial charge in [0.2, 0.25) is 5.24 Å². The fourth-order valence-corrected chi connectivity index (χ4v) is 2.57. The molecule has 6 heteroatoms. The topological polar surface area (TPSA) is 55.8 Å². The Morgan fingerprint density at radius 2 is 1.80 bits per heavy atom. The van der Waals surface area contributed by atoms with Gasteiger partial charge in [0.1, 0.15) is 17.5 Å². The molecule has 1 unspecified atom stereocenters. The van der Waals surface area contributed by atoms with Crippen LogP contribution in [0.3, 0.4) is 0 Å². The summed E-state index contributed by atoms with van der Waals surface area (Å²) in [5, 5.41) is -0.495. The quantitative estimate of drug-likeness (QED) is 0.798. The molecule has 2 rings (SSSR count). The molecule has 5 nitrogen and oxygen atoms in total. The maximum absolute atomic E-state index is 12.5. The van der Waals surface area contributed by atoms with Crippen molar-refractivity contribution in [2.75, 3.05) is 20.8 Å². The van der Waals surface area contributed by atoms with Crippen LogP contribution in [0.4, 0.5) is 0 Å². The molecule has 0 aliphatic carbocycles. The van der Waals surface area contributed by atoms with Gasteiger partial charge in [-0.1, -0.05) is 0 Å². The minimum absolute atomic E-state index is 0.237. The number of likely N-dealkylation sites (tertiary alicyclic amines) is 1. The lowest BCUT2D eigenvalue weighted by Crippen LogP contribution is -2.38. The van der Waals surface area contributed by atoms with Gasteiger partial charge in [0.15, 0.2) is 0 Å². The van der Waals surface area contributed by atoms with Crippen LogP contribution in [0.1, 0.15) is 23.2 Å². The fourth-order valence-electron chi connectivity index (χ4n) is 2.34. The van der Waals surface area contributed by atoms with Gasteiger partial charge in [0, 0.05) is 18.2 Å². The third kappa shape index (κ3) is 2.88. The first kappa shape index (κ1) is 14.7.